The highest BCUT2D eigenvalue weighted by Gasteiger charge is 2.25. The molecule has 78 valence electrons. The Bertz CT molecular complexity index is 305. The summed E-state index contributed by atoms with van der Waals surface area (Å²) in [5.74, 6) is 0. The van der Waals surface area contributed by atoms with E-state index in [-0.39, 0.29) is 11.5 Å². The molecule has 2 N–H and O–H groups in total. The molecule has 0 aliphatic rings. The van der Waals surface area contributed by atoms with Gasteiger partial charge in [-0.3, -0.25) is 0 Å². The molecule has 1 rings (SSSR count). The zero-order valence-electron chi connectivity index (χ0n) is 9.26. The van der Waals surface area contributed by atoms with E-state index in [0.717, 1.165) is 10.6 Å². The molecule has 0 bridgehead atoms. The van der Waals surface area contributed by atoms with Gasteiger partial charge in [-0.15, -0.1) is 0 Å². The summed E-state index contributed by atoms with van der Waals surface area (Å²) in [5, 5.41) is 0.771. The van der Waals surface area contributed by atoms with Crippen LogP contribution in [0.2, 0.25) is 5.02 Å². The van der Waals surface area contributed by atoms with Crippen molar-refractivity contribution in [1.82, 2.24) is 0 Å². The van der Waals surface area contributed by atoms with Crippen molar-refractivity contribution in [2.24, 2.45) is 11.1 Å². The lowest BCUT2D eigenvalue weighted by molar-refractivity contribution is 0.326. The third-order valence-electron chi connectivity index (χ3n) is 2.51. The summed E-state index contributed by atoms with van der Waals surface area (Å²) in [4.78, 5) is 0. The monoisotopic (exact) mass is 211 g/mol. The Kier molecular flexibility index (Phi) is 3.23. The summed E-state index contributed by atoms with van der Waals surface area (Å²) in [7, 11) is 0. The maximum absolute atomic E-state index is 6.19. The number of halogens is 1. The minimum atomic E-state index is -0.0174. The average Bonchev–Trinajstić information content (AvgIpc) is 2.01. The first-order valence-corrected chi connectivity index (χ1v) is 5.22. The van der Waals surface area contributed by atoms with Crippen LogP contribution in [0.1, 0.15) is 37.9 Å². The Morgan fingerprint density at radius 2 is 1.86 bits per heavy atom. The molecule has 0 aliphatic carbocycles. The van der Waals surface area contributed by atoms with E-state index in [1.165, 1.54) is 5.56 Å². The van der Waals surface area contributed by atoms with Crippen molar-refractivity contribution in [1.29, 1.82) is 0 Å². The lowest BCUT2D eigenvalue weighted by Gasteiger charge is -2.29. The molecule has 0 aromatic heterocycles. The predicted molar refractivity (Wildman–Crippen MR) is 62.6 cm³/mol. The fraction of sp³-hybridized carbons (Fsp3) is 0.500. The molecule has 0 saturated carbocycles. The largest absolute Gasteiger partial charge is 0.323 e. The normalized spacial score (nSPS) is 14.1. The van der Waals surface area contributed by atoms with Crippen LogP contribution in [0.3, 0.4) is 0 Å². The second-order valence-electron chi connectivity index (χ2n) is 4.81. The van der Waals surface area contributed by atoms with Crippen molar-refractivity contribution < 1.29 is 0 Å². The molecule has 0 fully saturated rings. The van der Waals surface area contributed by atoms with Gasteiger partial charge in [-0.05, 0) is 29.5 Å². The zero-order chi connectivity index (χ0) is 10.9. The first-order chi connectivity index (χ1) is 6.34. The second kappa shape index (κ2) is 3.92. The van der Waals surface area contributed by atoms with Crippen molar-refractivity contribution in [2.45, 2.75) is 33.7 Å². The van der Waals surface area contributed by atoms with Gasteiger partial charge in [0.25, 0.3) is 0 Å². The van der Waals surface area contributed by atoms with Gasteiger partial charge >= 0.3 is 0 Å². The molecule has 1 nitrogen and oxygen atoms in total. The molecule has 0 spiro atoms. The highest BCUT2D eigenvalue weighted by molar-refractivity contribution is 6.31. The van der Waals surface area contributed by atoms with E-state index in [0.29, 0.717) is 0 Å². The topological polar surface area (TPSA) is 26.0 Å². The molecule has 0 unspecified atom stereocenters. The lowest BCUT2D eigenvalue weighted by atomic mass is 9.81. The molecular weight excluding hydrogens is 194 g/mol. The minimum Gasteiger partial charge on any atom is -0.323 e. The van der Waals surface area contributed by atoms with Gasteiger partial charge in [0.15, 0.2) is 0 Å². The van der Waals surface area contributed by atoms with E-state index in [9.17, 15) is 0 Å². The lowest BCUT2D eigenvalue weighted by Crippen LogP contribution is -2.27. The molecule has 0 radical (unpaired) electrons. The number of nitrogens with two attached hydrogens (primary N) is 1. The maximum Gasteiger partial charge on any atom is 0.0456 e. The maximum atomic E-state index is 6.19. The van der Waals surface area contributed by atoms with E-state index in [1.807, 2.05) is 25.1 Å². The molecule has 2 heteroatoms. The van der Waals surface area contributed by atoms with Gasteiger partial charge in [-0.1, -0.05) is 44.5 Å². The molecule has 14 heavy (non-hydrogen) atoms. The van der Waals surface area contributed by atoms with E-state index >= 15 is 0 Å². The van der Waals surface area contributed by atoms with Crippen LogP contribution in [-0.2, 0) is 0 Å². The number of benzene rings is 1. The van der Waals surface area contributed by atoms with Crippen LogP contribution in [-0.4, -0.2) is 0 Å². The van der Waals surface area contributed by atoms with Crippen molar-refractivity contribution in [3.8, 4) is 0 Å². The number of hydrogen-bond donors (Lipinski definition) is 1. The van der Waals surface area contributed by atoms with Crippen LogP contribution >= 0.6 is 11.6 Å². The molecule has 0 heterocycles. The van der Waals surface area contributed by atoms with Crippen LogP contribution in [0.4, 0.5) is 0 Å². The molecule has 1 aromatic rings. The highest BCUT2D eigenvalue weighted by atomic mass is 35.5. The second-order valence-corrected chi connectivity index (χ2v) is 5.22. The third kappa shape index (κ3) is 2.28. The molecule has 1 aromatic carbocycles. The van der Waals surface area contributed by atoms with Gasteiger partial charge in [0.05, 0.1) is 0 Å². The third-order valence-corrected chi connectivity index (χ3v) is 2.84. The molecule has 1 atom stereocenters. The Labute approximate surface area is 91.3 Å². The SMILES string of the molecule is Cc1cccc(Cl)c1[C@H](N)C(C)(C)C. The van der Waals surface area contributed by atoms with E-state index in [2.05, 4.69) is 20.8 Å². The van der Waals surface area contributed by atoms with Gasteiger partial charge < -0.3 is 5.73 Å². The summed E-state index contributed by atoms with van der Waals surface area (Å²) >= 11 is 6.15. The van der Waals surface area contributed by atoms with E-state index < -0.39 is 0 Å². The van der Waals surface area contributed by atoms with Crippen molar-refractivity contribution in [3.63, 3.8) is 0 Å². The zero-order valence-corrected chi connectivity index (χ0v) is 10.0. The standard InChI is InChI=1S/C12H18ClN/c1-8-6-5-7-9(13)10(8)11(14)12(2,3)4/h5-7,11H,14H2,1-4H3/t11-/m0/s1. The number of hydrogen-bond acceptors (Lipinski definition) is 1. The highest BCUT2D eigenvalue weighted by Crippen LogP contribution is 2.35. The fourth-order valence-electron chi connectivity index (χ4n) is 1.47. The Morgan fingerprint density at radius 3 is 2.29 bits per heavy atom. The van der Waals surface area contributed by atoms with Crippen LogP contribution in [0, 0.1) is 12.3 Å². The van der Waals surface area contributed by atoms with Crippen LogP contribution < -0.4 is 5.73 Å². The summed E-state index contributed by atoms with van der Waals surface area (Å²) in [6.45, 7) is 8.42. The van der Waals surface area contributed by atoms with Crippen molar-refractivity contribution in [3.05, 3.63) is 34.3 Å². The van der Waals surface area contributed by atoms with Gasteiger partial charge in [-0.2, -0.15) is 0 Å². The summed E-state index contributed by atoms with van der Waals surface area (Å²) in [5.41, 5.74) is 8.46. The van der Waals surface area contributed by atoms with Crippen LogP contribution in [0.5, 0.6) is 0 Å². The number of rotatable bonds is 1. The predicted octanol–water partition coefficient (Wildman–Crippen LogP) is 3.69. The summed E-state index contributed by atoms with van der Waals surface area (Å²) < 4.78 is 0. The van der Waals surface area contributed by atoms with Crippen molar-refractivity contribution in [2.75, 3.05) is 0 Å². The first-order valence-electron chi connectivity index (χ1n) is 4.84. The van der Waals surface area contributed by atoms with E-state index in [1.54, 1.807) is 0 Å². The van der Waals surface area contributed by atoms with Crippen LogP contribution in [0.25, 0.3) is 0 Å². The fourth-order valence-corrected chi connectivity index (χ4v) is 1.81. The molecule has 0 amide bonds. The summed E-state index contributed by atoms with van der Waals surface area (Å²) in [6, 6.07) is 5.88. The van der Waals surface area contributed by atoms with Gasteiger partial charge in [0.2, 0.25) is 0 Å². The van der Waals surface area contributed by atoms with Gasteiger partial charge in [0.1, 0.15) is 0 Å². The average molecular weight is 212 g/mol. The van der Waals surface area contributed by atoms with Gasteiger partial charge in [0, 0.05) is 11.1 Å². The van der Waals surface area contributed by atoms with Gasteiger partial charge in [-0.25, -0.2) is 0 Å². The number of aryl methyl sites for hydroxylation is 1. The van der Waals surface area contributed by atoms with Crippen molar-refractivity contribution >= 4 is 11.6 Å². The molecule has 0 saturated heterocycles. The molecular formula is C12H18ClN. The minimum absolute atomic E-state index is 0.0174. The summed E-state index contributed by atoms with van der Waals surface area (Å²) in [6.07, 6.45) is 0. The Balaban J connectivity index is 3.19. The first kappa shape index (κ1) is 11.5. The quantitative estimate of drug-likeness (QED) is 0.754. The Hall–Kier alpha value is -0.530. The molecule has 0 aliphatic heterocycles. The van der Waals surface area contributed by atoms with E-state index in [4.69, 9.17) is 17.3 Å². The Morgan fingerprint density at radius 1 is 1.29 bits per heavy atom. The smallest absolute Gasteiger partial charge is 0.0456 e. The van der Waals surface area contributed by atoms with Crippen LogP contribution in [0.15, 0.2) is 18.2 Å².